The number of hydrogen-bond donors (Lipinski definition) is 2. The third-order valence-electron chi connectivity index (χ3n) is 1.56. The second-order valence-corrected chi connectivity index (χ2v) is 4.92. The molecule has 0 radical (unpaired) electrons. The zero-order valence-electron chi connectivity index (χ0n) is 8.38. The fourth-order valence-electron chi connectivity index (χ4n) is 0.845. The van der Waals surface area contributed by atoms with Crippen molar-refractivity contribution < 1.29 is 26.4 Å². The molecule has 0 aromatic rings. The molecule has 0 saturated carbocycles. The van der Waals surface area contributed by atoms with Crippen LogP contribution >= 0.6 is 0 Å². The van der Waals surface area contributed by atoms with Crippen LogP contribution in [0.15, 0.2) is 0 Å². The number of halogens is 3. The van der Waals surface area contributed by atoms with Gasteiger partial charge in [-0.2, -0.15) is 13.2 Å². The summed E-state index contributed by atoms with van der Waals surface area (Å²) < 4.78 is 56.0. The molecule has 0 spiro atoms. The van der Waals surface area contributed by atoms with Crippen LogP contribution in [0.1, 0.15) is 19.3 Å². The Bertz CT molecular complexity index is 326. The predicted octanol–water partition coefficient (Wildman–Crippen LogP) is 0.124. The van der Waals surface area contributed by atoms with Crippen LogP contribution in [0.2, 0.25) is 0 Å². The van der Waals surface area contributed by atoms with Crippen molar-refractivity contribution in [2.75, 3.05) is 12.3 Å². The quantitative estimate of drug-likeness (QED) is 0.666. The lowest BCUT2D eigenvalue weighted by molar-refractivity contribution is -0.144. The van der Waals surface area contributed by atoms with Gasteiger partial charge in [0.1, 0.15) is 0 Å². The molecule has 3 N–H and O–H groups in total. The van der Waals surface area contributed by atoms with Crippen LogP contribution in [0.25, 0.3) is 0 Å². The van der Waals surface area contributed by atoms with Crippen molar-refractivity contribution in [2.45, 2.75) is 25.4 Å². The van der Waals surface area contributed by atoms with Gasteiger partial charge in [-0.3, -0.25) is 4.79 Å². The molecule has 0 unspecified atom stereocenters. The van der Waals surface area contributed by atoms with Gasteiger partial charge in [0.15, 0.2) is 0 Å². The molecule has 0 bridgehead atoms. The smallest absolute Gasteiger partial charge is 0.356 e. The molecular formula is C7H13F3N2O3S. The first-order valence-electron chi connectivity index (χ1n) is 4.44. The molecule has 9 heteroatoms. The van der Waals surface area contributed by atoms with E-state index in [1.807, 2.05) is 0 Å². The van der Waals surface area contributed by atoms with Crippen LogP contribution in [0.3, 0.4) is 0 Å². The van der Waals surface area contributed by atoms with Crippen molar-refractivity contribution >= 4 is 15.9 Å². The van der Waals surface area contributed by atoms with Crippen molar-refractivity contribution in [3.05, 3.63) is 0 Å². The maximum absolute atomic E-state index is 11.7. The number of rotatable bonds is 6. The largest absolute Gasteiger partial charge is 0.389 e. The molecular weight excluding hydrogens is 249 g/mol. The number of primary sulfonamides is 1. The van der Waals surface area contributed by atoms with Crippen molar-refractivity contribution in [3.63, 3.8) is 0 Å². The molecule has 0 aromatic carbocycles. The second-order valence-electron chi connectivity index (χ2n) is 3.19. The van der Waals surface area contributed by atoms with Crippen LogP contribution in [-0.4, -0.2) is 32.8 Å². The Balaban J connectivity index is 3.60. The van der Waals surface area contributed by atoms with Crippen molar-refractivity contribution in [1.29, 1.82) is 0 Å². The first-order valence-corrected chi connectivity index (χ1v) is 6.15. The van der Waals surface area contributed by atoms with Crippen LogP contribution < -0.4 is 10.5 Å². The van der Waals surface area contributed by atoms with Gasteiger partial charge in [-0.15, -0.1) is 0 Å². The molecule has 96 valence electrons. The maximum Gasteiger partial charge on any atom is 0.389 e. The number of carbonyl (C=O) groups excluding carboxylic acids is 1. The number of amides is 1. The molecule has 1 amide bonds. The Morgan fingerprint density at radius 1 is 1.31 bits per heavy atom. The number of sulfonamides is 1. The molecule has 5 nitrogen and oxygen atoms in total. The molecule has 0 fully saturated rings. The van der Waals surface area contributed by atoms with Crippen LogP contribution in [0.5, 0.6) is 0 Å². The highest BCUT2D eigenvalue weighted by Crippen LogP contribution is 2.20. The van der Waals surface area contributed by atoms with Gasteiger partial charge in [0.05, 0.1) is 12.2 Å². The normalized spacial score (nSPS) is 12.5. The SMILES string of the molecule is NS(=O)(=O)CCCNC(=O)CCC(F)(F)F. The molecule has 0 aliphatic rings. The summed E-state index contributed by atoms with van der Waals surface area (Å²) in [6.07, 6.45) is -6.12. The molecule has 0 aliphatic heterocycles. The summed E-state index contributed by atoms with van der Waals surface area (Å²) in [6.45, 7) is -0.00682. The molecule has 0 aliphatic carbocycles. The highest BCUT2D eigenvalue weighted by molar-refractivity contribution is 7.89. The minimum atomic E-state index is -4.36. The number of alkyl halides is 3. The monoisotopic (exact) mass is 262 g/mol. The van der Waals surface area contributed by atoms with Gasteiger partial charge in [-0.1, -0.05) is 0 Å². The summed E-state index contributed by atoms with van der Waals surface area (Å²) in [4.78, 5) is 10.8. The Hall–Kier alpha value is -0.830. The van der Waals surface area contributed by atoms with Crippen LogP contribution in [-0.2, 0) is 14.8 Å². The van der Waals surface area contributed by atoms with Gasteiger partial charge in [0.25, 0.3) is 0 Å². The average Bonchev–Trinajstić information content (AvgIpc) is 2.06. The fraction of sp³-hybridized carbons (Fsp3) is 0.857. The van der Waals surface area contributed by atoms with Gasteiger partial charge in [0.2, 0.25) is 15.9 Å². The number of nitrogens with one attached hydrogen (secondary N) is 1. The molecule has 0 saturated heterocycles. The Kier molecular flexibility index (Phi) is 5.73. The Morgan fingerprint density at radius 2 is 1.88 bits per heavy atom. The van der Waals surface area contributed by atoms with E-state index >= 15 is 0 Å². The lowest BCUT2D eigenvalue weighted by Crippen LogP contribution is -2.28. The zero-order valence-corrected chi connectivity index (χ0v) is 9.20. The summed E-state index contributed by atoms with van der Waals surface area (Å²) in [7, 11) is -3.59. The minimum absolute atomic E-state index is 0.00682. The minimum Gasteiger partial charge on any atom is -0.356 e. The average molecular weight is 262 g/mol. The molecule has 0 atom stereocenters. The van der Waals surface area contributed by atoms with E-state index in [2.05, 4.69) is 10.5 Å². The summed E-state index contributed by atoms with van der Waals surface area (Å²) in [6, 6.07) is 0. The lowest BCUT2D eigenvalue weighted by atomic mass is 10.3. The van der Waals surface area contributed by atoms with Gasteiger partial charge in [-0.05, 0) is 6.42 Å². The van der Waals surface area contributed by atoms with Gasteiger partial charge in [-0.25, -0.2) is 13.6 Å². The molecule has 0 heterocycles. The second kappa shape index (κ2) is 6.04. The van der Waals surface area contributed by atoms with Crippen molar-refractivity contribution in [2.24, 2.45) is 5.14 Å². The van der Waals surface area contributed by atoms with E-state index in [-0.39, 0.29) is 18.7 Å². The predicted molar refractivity (Wildman–Crippen MR) is 50.9 cm³/mol. The summed E-state index contributed by atoms with van der Waals surface area (Å²) in [5.74, 6) is -1.07. The maximum atomic E-state index is 11.7. The Labute approximate surface area is 91.2 Å². The molecule has 0 aromatic heterocycles. The van der Waals surface area contributed by atoms with E-state index in [4.69, 9.17) is 0 Å². The topological polar surface area (TPSA) is 89.3 Å². The lowest BCUT2D eigenvalue weighted by Gasteiger charge is -2.06. The van der Waals surface area contributed by atoms with Gasteiger partial charge in [0, 0.05) is 13.0 Å². The van der Waals surface area contributed by atoms with Crippen LogP contribution in [0, 0.1) is 0 Å². The van der Waals surface area contributed by atoms with E-state index in [0.29, 0.717) is 0 Å². The highest BCUT2D eigenvalue weighted by atomic mass is 32.2. The van der Waals surface area contributed by atoms with Crippen molar-refractivity contribution in [1.82, 2.24) is 5.32 Å². The van der Waals surface area contributed by atoms with Crippen molar-refractivity contribution in [3.8, 4) is 0 Å². The van der Waals surface area contributed by atoms with E-state index in [9.17, 15) is 26.4 Å². The van der Waals surface area contributed by atoms with E-state index in [0.717, 1.165) is 0 Å². The molecule has 16 heavy (non-hydrogen) atoms. The third-order valence-corrected chi connectivity index (χ3v) is 2.42. The van der Waals surface area contributed by atoms with E-state index in [1.54, 1.807) is 0 Å². The summed E-state index contributed by atoms with van der Waals surface area (Å²) >= 11 is 0. The first-order chi connectivity index (χ1) is 7.10. The Morgan fingerprint density at radius 3 is 2.31 bits per heavy atom. The van der Waals surface area contributed by atoms with Gasteiger partial charge < -0.3 is 5.32 Å². The third kappa shape index (κ3) is 11.2. The summed E-state index contributed by atoms with van der Waals surface area (Å²) in [5, 5.41) is 6.85. The summed E-state index contributed by atoms with van der Waals surface area (Å²) in [5.41, 5.74) is 0. The van der Waals surface area contributed by atoms with E-state index < -0.39 is 34.9 Å². The fourth-order valence-corrected chi connectivity index (χ4v) is 1.39. The van der Waals surface area contributed by atoms with Crippen LogP contribution in [0.4, 0.5) is 13.2 Å². The number of hydrogen-bond acceptors (Lipinski definition) is 3. The number of nitrogens with two attached hydrogens (primary N) is 1. The standard InChI is InChI=1S/C7H13F3N2O3S/c8-7(9,10)3-2-6(13)12-4-1-5-16(11,14)15/h1-5H2,(H,12,13)(H2,11,14,15). The van der Waals surface area contributed by atoms with Gasteiger partial charge >= 0.3 is 6.18 Å². The zero-order chi connectivity index (χ0) is 12.8. The van der Waals surface area contributed by atoms with E-state index in [1.165, 1.54) is 0 Å². The number of carbonyl (C=O) groups is 1. The molecule has 0 rings (SSSR count). The highest BCUT2D eigenvalue weighted by Gasteiger charge is 2.27. The first kappa shape index (κ1) is 15.2.